The van der Waals surface area contributed by atoms with Gasteiger partial charge in [-0.1, -0.05) is 30.3 Å². The molecule has 0 aliphatic carbocycles. The van der Waals surface area contributed by atoms with Crippen LogP contribution in [0.4, 0.5) is 0 Å². The minimum Gasteiger partial charge on any atom is -0.342 e. The van der Waals surface area contributed by atoms with E-state index in [1.807, 2.05) is 0 Å². The third-order valence-electron chi connectivity index (χ3n) is 5.70. The molecule has 0 bridgehead atoms. The van der Waals surface area contributed by atoms with Gasteiger partial charge >= 0.3 is 0 Å². The van der Waals surface area contributed by atoms with Crippen molar-refractivity contribution in [2.75, 3.05) is 26.2 Å². The Kier molecular flexibility index (Phi) is 9.94. The molecule has 4 nitrogen and oxygen atoms in total. The van der Waals surface area contributed by atoms with Crippen LogP contribution in [-0.4, -0.2) is 47.9 Å². The van der Waals surface area contributed by atoms with Gasteiger partial charge < -0.3 is 10.6 Å². The van der Waals surface area contributed by atoms with Crippen molar-refractivity contribution in [3.63, 3.8) is 0 Å². The van der Waals surface area contributed by atoms with E-state index in [-0.39, 0.29) is 36.8 Å². The van der Waals surface area contributed by atoms with Crippen molar-refractivity contribution in [3.05, 3.63) is 35.9 Å². The first kappa shape index (κ1) is 23.2. The van der Waals surface area contributed by atoms with Gasteiger partial charge in [0.05, 0.1) is 5.92 Å². The van der Waals surface area contributed by atoms with Crippen molar-refractivity contribution in [2.45, 2.75) is 45.2 Å². The van der Waals surface area contributed by atoms with Crippen molar-refractivity contribution in [2.24, 2.45) is 17.6 Å². The second-order valence-corrected chi connectivity index (χ2v) is 7.58. The molecule has 2 fully saturated rings. The largest absolute Gasteiger partial charge is 0.342 e. The average Bonchev–Trinajstić information content (AvgIpc) is 2.62. The molecule has 3 rings (SSSR count). The number of amides is 1. The fraction of sp³-hybridized carbons (Fsp3) is 0.650. The monoisotopic (exact) mass is 401 g/mol. The average molecular weight is 402 g/mol. The lowest BCUT2D eigenvalue weighted by Crippen LogP contribution is -2.48. The second-order valence-electron chi connectivity index (χ2n) is 7.58. The van der Waals surface area contributed by atoms with Crippen molar-refractivity contribution in [3.8, 4) is 0 Å². The summed E-state index contributed by atoms with van der Waals surface area (Å²) in [6.07, 6.45) is 4.28. The number of likely N-dealkylation sites (tertiary alicyclic amines) is 2. The first-order chi connectivity index (χ1) is 11.6. The first-order valence-electron chi connectivity index (χ1n) is 9.44. The molecule has 2 N–H and O–H groups in total. The molecule has 2 heterocycles. The van der Waals surface area contributed by atoms with Crippen LogP contribution in [0.3, 0.4) is 0 Å². The quantitative estimate of drug-likeness (QED) is 0.841. The van der Waals surface area contributed by atoms with E-state index in [1.54, 1.807) is 0 Å². The lowest BCUT2D eigenvalue weighted by Gasteiger charge is -2.38. The Morgan fingerprint density at radius 3 is 2.38 bits per heavy atom. The lowest BCUT2D eigenvalue weighted by atomic mass is 9.89. The van der Waals surface area contributed by atoms with E-state index in [1.165, 1.54) is 5.56 Å². The van der Waals surface area contributed by atoms with Gasteiger partial charge in [-0.15, -0.1) is 24.8 Å². The molecule has 2 saturated heterocycles. The SMILES string of the molecule is CC(N)C1CCN(C(=O)C2CCCN(Cc3ccccc3)C2)CC1.Cl.Cl. The Bertz CT molecular complexity index is 533. The van der Waals surface area contributed by atoms with Gasteiger partial charge in [-0.2, -0.15) is 0 Å². The third kappa shape index (κ3) is 6.12. The highest BCUT2D eigenvalue weighted by molar-refractivity contribution is 5.85. The number of nitrogens with zero attached hydrogens (tertiary/aromatic N) is 2. The van der Waals surface area contributed by atoms with E-state index < -0.39 is 0 Å². The summed E-state index contributed by atoms with van der Waals surface area (Å²) in [5, 5.41) is 0. The van der Waals surface area contributed by atoms with Gasteiger partial charge in [0.2, 0.25) is 5.91 Å². The van der Waals surface area contributed by atoms with Crippen LogP contribution in [0.5, 0.6) is 0 Å². The molecule has 0 aromatic heterocycles. The van der Waals surface area contributed by atoms with Crippen LogP contribution in [0.15, 0.2) is 30.3 Å². The first-order valence-corrected chi connectivity index (χ1v) is 9.44. The fourth-order valence-electron chi connectivity index (χ4n) is 4.15. The molecule has 0 saturated carbocycles. The minimum absolute atomic E-state index is 0. The minimum atomic E-state index is 0. The number of rotatable bonds is 4. The summed E-state index contributed by atoms with van der Waals surface area (Å²) in [5.41, 5.74) is 7.35. The highest BCUT2D eigenvalue weighted by atomic mass is 35.5. The Balaban J connectivity index is 0.00000169. The predicted molar refractivity (Wildman–Crippen MR) is 112 cm³/mol. The van der Waals surface area contributed by atoms with Gasteiger partial charge in [-0.25, -0.2) is 0 Å². The normalized spacial score (nSPS) is 22.8. The smallest absolute Gasteiger partial charge is 0.226 e. The molecule has 2 aliphatic heterocycles. The van der Waals surface area contributed by atoms with E-state index in [2.05, 4.69) is 47.1 Å². The van der Waals surface area contributed by atoms with Gasteiger partial charge in [0, 0.05) is 32.2 Å². The van der Waals surface area contributed by atoms with Gasteiger partial charge in [0.25, 0.3) is 0 Å². The van der Waals surface area contributed by atoms with Crippen LogP contribution in [0.25, 0.3) is 0 Å². The highest BCUT2D eigenvalue weighted by Crippen LogP contribution is 2.25. The fourth-order valence-corrected chi connectivity index (χ4v) is 4.15. The Morgan fingerprint density at radius 2 is 1.77 bits per heavy atom. The maximum Gasteiger partial charge on any atom is 0.226 e. The molecule has 2 atom stereocenters. The molecule has 2 aliphatic rings. The van der Waals surface area contributed by atoms with Crippen LogP contribution in [-0.2, 0) is 11.3 Å². The number of benzene rings is 1. The van der Waals surface area contributed by atoms with Crippen molar-refractivity contribution in [1.29, 1.82) is 0 Å². The number of piperidine rings is 2. The predicted octanol–water partition coefficient (Wildman–Crippen LogP) is 3.33. The van der Waals surface area contributed by atoms with Gasteiger partial charge in [0.15, 0.2) is 0 Å². The van der Waals surface area contributed by atoms with Gasteiger partial charge in [-0.05, 0) is 50.6 Å². The van der Waals surface area contributed by atoms with Gasteiger partial charge in [0.1, 0.15) is 0 Å². The maximum absolute atomic E-state index is 12.9. The standard InChI is InChI=1S/C20H31N3O.2ClH/c1-16(21)18-9-12-23(13-10-18)20(24)19-8-5-11-22(15-19)14-17-6-3-2-4-7-17;;/h2-4,6-7,16,18-19H,5,8-15,21H2,1H3;2*1H. The van der Waals surface area contributed by atoms with Crippen molar-refractivity contribution < 1.29 is 4.79 Å². The molecule has 26 heavy (non-hydrogen) atoms. The molecule has 2 unspecified atom stereocenters. The lowest BCUT2D eigenvalue weighted by molar-refractivity contribution is -0.139. The Labute approximate surface area is 170 Å². The third-order valence-corrected chi connectivity index (χ3v) is 5.70. The van der Waals surface area contributed by atoms with Crippen molar-refractivity contribution in [1.82, 2.24) is 9.80 Å². The molecular weight excluding hydrogens is 369 g/mol. The molecule has 148 valence electrons. The number of carbonyl (C=O) groups excluding carboxylic acids is 1. The number of hydrogen-bond acceptors (Lipinski definition) is 3. The molecule has 6 heteroatoms. The Hall–Kier alpha value is -0.810. The van der Waals surface area contributed by atoms with Crippen LogP contribution in [0.1, 0.15) is 38.2 Å². The second kappa shape index (κ2) is 11.1. The summed E-state index contributed by atoms with van der Waals surface area (Å²) < 4.78 is 0. The summed E-state index contributed by atoms with van der Waals surface area (Å²) in [4.78, 5) is 17.4. The van der Waals surface area contributed by atoms with Crippen LogP contribution in [0, 0.1) is 11.8 Å². The number of nitrogens with two attached hydrogens (primary N) is 1. The zero-order chi connectivity index (χ0) is 16.9. The molecule has 1 amide bonds. The highest BCUT2D eigenvalue weighted by Gasteiger charge is 2.32. The summed E-state index contributed by atoms with van der Waals surface area (Å²) in [6.45, 7) is 6.83. The zero-order valence-corrected chi connectivity index (χ0v) is 17.3. The molecule has 1 aromatic carbocycles. The van der Waals surface area contributed by atoms with E-state index in [0.717, 1.165) is 58.4 Å². The number of halogens is 2. The van der Waals surface area contributed by atoms with Crippen LogP contribution < -0.4 is 5.73 Å². The van der Waals surface area contributed by atoms with Crippen molar-refractivity contribution >= 4 is 30.7 Å². The van der Waals surface area contributed by atoms with Gasteiger partial charge in [-0.3, -0.25) is 9.69 Å². The van der Waals surface area contributed by atoms with E-state index >= 15 is 0 Å². The summed E-state index contributed by atoms with van der Waals surface area (Å²) in [6, 6.07) is 10.8. The van der Waals surface area contributed by atoms with E-state index in [9.17, 15) is 4.79 Å². The van der Waals surface area contributed by atoms with E-state index in [0.29, 0.717) is 11.8 Å². The topological polar surface area (TPSA) is 49.6 Å². The summed E-state index contributed by atoms with van der Waals surface area (Å²) >= 11 is 0. The number of carbonyl (C=O) groups is 1. The summed E-state index contributed by atoms with van der Waals surface area (Å²) in [7, 11) is 0. The Morgan fingerprint density at radius 1 is 1.12 bits per heavy atom. The molecule has 1 aromatic rings. The number of hydrogen-bond donors (Lipinski definition) is 1. The summed E-state index contributed by atoms with van der Waals surface area (Å²) in [5.74, 6) is 1.13. The zero-order valence-electron chi connectivity index (χ0n) is 15.7. The van der Waals surface area contributed by atoms with Crippen LogP contribution in [0.2, 0.25) is 0 Å². The molecule has 0 spiro atoms. The maximum atomic E-state index is 12.9. The van der Waals surface area contributed by atoms with Crippen LogP contribution >= 0.6 is 24.8 Å². The molecule has 0 radical (unpaired) electrons. The van der Waals surface area contributed by atoms with E-state index in [4.69, 9.17) is 5.73 Å². The molecular formula is C20H33Cl2N3O.